The van der Waals surface area contributed by atoms with Crippen LogP contribution in [0.3, 0.4) is 0 Å². The topological polar surface area (TPSA) is 109 Å². The number of hydrogen-bond acceptors (Lipinski definition) is 5. The van der Waals surface area contributed by atoms with Crippen LogP contribution < -0.4 is 11.1 Å². The van der Waals surface area contributed by atoms with E-state index in [1.807, 2.05) is 0 Å². The van der Waals surface area contributed by atoms with Gasteiger partial charge in [0.1, 0.15) is 0 Å². The molecule has 0 aromatic heterocycles. The maximum Gasteiger partial charge on any atom is 0.501 e. The molecule has 0 saturated heterocycles. The number of carbonyl (C=O) groups excluding carboxylic acids is 1. The standard InChI is InChI=1S/C13H15F3N2O4S/c14-13(15,16)23(21,22)8-3-1-2-7(6-8)18-12(20)9-4-5-10(19)11(9)17/h1-3,6,9-11,19H,4-5,17H2,(H,18,20)/t9?,10-,11-/m0/s1. The van der Waals surface area contributed by atoms with E-state index in [4.69, 9.17) is 5.73 Å². The molecule has 1 aliphatic rings. The average Bonchev–Trinajstić information content (AvgIpc) is 2.78. The van der Waals surface area contributed by atoms with Crippen LogP contribution in [-0.2, 0) is 14.6 Å². The van der Waals surface area contributed by atoms with Crippen molar-refractivity contribution in [1.29, 1.82) is 0 Å². The van der Waals surface area contributed by atoms with Gasteiger partial charge >= 0.3 is 5.51 Å². The molecule has 128 valence electrons. The van der Waals surface area contributed by atoms with E-state index in [1.54, 1.807) is 0 Å². The molecule has 10 heteroatoms. The number of aliphatic hydroxyl groups excluding tert-OH is 1. The van der Waals surface area contributed by atoms with Crippen LogP contribution >= 0.6 is 0 Å². The Bertz CT molecular complexity index is 705. The lowest BCUT2D eigenvalue weighted by Crippen LogP contribution is -2.40. The molecule has 1 fully saturated rings. The van der Waals surface area contributed by atoms with Gasteiger partial charge in [-0.25, -0.2) is 8.42 Å². The number of carbonyl (C=O) groups is 1. The summed E-state index contributed by atoms with van der Waals surface area (Å²) in [5.41, 5.74) is 0.166. The number of aliphatic hydroxyl groups is 1. The first-order valence-electron chi connectivity index (χ1n) is 6.70. The summed E-state index contributed by atoms with van der Waals surface area (Å²) in [5, 5.41) is 11.9. The minimum absolute atomic E-state index is 0.0890. The van der Waals surface area contributed by atoms with E-state index >= 15 is 0 Å². The molecule has 23 heavy (non-hydrogen) atoms. The molecule has 1 amide bonds. The van der Waals surface area contributed by atoms with Gasteiger partial charge in [0.15, 0.2) is 0 Å². The molecule has 1 aliphatic carbocycles. The van der Waals surface area contributed by atoms with E-state index in [0.29, 0.717) is 12.8 Å². The lowest BCUT2D eigenvalue weighted by Gasteiger charge is -2.17. The third kappa shape index (κ3) is 3.48. The molecule has 0 bridgehead atoms. The smallest absolute Gasteiger partial charge is 0.391 e. The summed E-state index contributed by atoms with van der Waals surface area (Å²) < 4.78 is 60.3. The van der Waals surface area contributed by atoms with Crippen LogP contribution in [0.2, 0.25) is 0 Å². The van der Waals surface area contributed by atoms with E-state index in [1.165, 1.54) is 6.07 Å². The summed E-state index contributed by atoms with van der Waals surface area (Å²) in [4.78, 5) is 11.1. The number of anilines is 1. The summed E-state index contributed by atoms with van der Waals surface area (Å²) in [6.07, 6.45) is -0.126. The van der Waals surface area contributed by atoms with Crippen LogP contribution in [0, 0.1) is 5.92 Å². The normalized spacial score (nSPS) is 25.3. The molecular formula is C13H15F3N2O4S. The number of nitrogens with one attached hydrogen (secondary N) is 1. The van der Waals surface area contributed by atoms with Crippen molar-refractivity contribution in [3.8, 4) is 0 Å². The fourth-order valence-corrected chi connectivity index (χ4v) is 3.23. The molecule has 1 unspecified atom stereocenters. The largest absolute Gasteiger partial charge is 0.501 e. The fourth-order valence-electron chi connectivity index (χ4n) is 2.42. The van der Waals surface area contributed by atoms with Crippen molar-refractivity contribution in [2.24, 2.45) is 11.7 Å². The average molecular weight is 352 g/mol. The van der Waals surface area contributed by atoms with E-state index in [9.17, 15) is 31.5 Å². The van der Waals surface area contributed by atoms with Gasteiger partial charge in [0, 0.05) is 11.7 Å². The van der Waals surface area contributed by atoms with Crippen molar-refractivity contribution >= 4 is 21.4 Å². The second-order valence-corrected chi connectivity index (χ2v) is 7.24. The van der Waals surface area contributed by atoms with Crippen LogP contribution in [0.25, 0.3) is 0 Å². The molecule has 4 N–H and O–H groups in total. The van der Waals surface area contributed by atoms with Gasteiger partial charge in [-0.3, -0.25) is 4.79 Å². The lowest BCUT2D eigenvalue weighted by atomic mass is 10.0. The summed E-state index contributed by atoms with van der Waals surface area (Å²) in [6.45, 7) is 0. The van der Waals surface area contributed by atoms with Gasteiger partial charge in [0.05, 0.1) is 16.9 Å². The van der Waals surface area contributed by atoms with Crippen molar-refractivity contribution in [3.63, 3.8) is 0 Å². The van der Waals surface area contributed by atoms with Crippen LogP contribution in [0.5, 0.6) is 0 Å². The Hall–Kier alpha value is -1.65. The fraction of sp³-hybridized carbons (Fsp3) is 0.462. The van der Waals surface area contributed by atoms with E-state index in [-0.39, 0.29) is 5.69 Å². The number of amides is 1. The SMILES string of the molecule is N[C@H]1C(C(=O)Nc2cccc(S(=O)(=O)C(F)(F)F)c2)CC[C@@H]1O. The Balaban J connectivity index is 2.20. The molecule has 0 heterocycles. The Labute approximate surface area is 130 Å². The van der Waals surface area contributed by atoms with Crippen LogP contribution in [0.15, 0.2) is 29.2 Å². The zero-order chi connectivity index (χ0) is 17.4. The molecule has 6 nitrogen and oxygen atoms in total. The van der Waals surface area contributed by atoms with Crippen molar-refractivity contribution < 1.29 is 31.5 Å². The zero-order valence-electron chi connectivity index (χ0n) is 11.7. The van der Waals surface area contributed by atoms with Gasteiger partial charge in [-0.2, -0.15) is 13.2 Å². The third-order valence-electron chi connectivity index (χ3n) is 3.74. The number of benzene rings is 1. The third-order valence-corrected chi connectivity index (χ3v) is 5.22. The maximum absolute atomic E-state index is 12.5. The number of nitrogens with two attached hydrogens (primary N) is 1. The highest BCUT2D eigenvalue weighted by atomic mass is 32.2. The second kappa shape index (κ2) is 6.10. The maximum atomic E-state index is 12.5. The molecule has 1 saturated carbocycles. The quantitative estimate of drug-likeness (QED) is 0.752. The Kier molecular flexibility index (Phi) is 4.69. The van der Waals surface area contributed by atoms with Gasteiger partial charge in [0.25, 0.3) is 9.84 Å². The van der Waals surface area contributed by atoms with Crippen molar-refractivity contribution in [3.05, 3.63) is 24.3 Å². The number of halogens is 3. The van der Waals surface area contributed by atoms with E-state index < -0.39 is 44.2 Å². The van der Waals surface area contributed by atoms with Gasteiger partial charge in [0.2, 0.25) is 5.91 Å². The summed E-state index contributed by atoms with van der Waals surface area (Å²) in [7, 11) is -5.49. The Morgan fingerprint density at radius 1 is 1.30 bits per heavy atom. The molecule has 0 aliphatic heterocycles. The summed E-state index contributed by atoms with van der Waals surface area (Å²) in [6, 6.07) is 3.13. The molecular weight excluding hydrogens is 337 g/mol. The summed E-state index contributed by atoms with van der Waals surface area (Å²) >= 11 is 0. The van der Waals surface area contributed by atoms with Crippen LogP contribution in [0.1, 0.15) is 12.8 Å². The Morgan fingerprint density at radius 2 is 1.96 bits per heavy atom. The molecule has 1 aromatic carbocycles. The van der Waals surface area contributed by atoms with Gasteiger partial charge in [-0.05, 0) is 31.0 Å². The minimum Gasteiger partial charge on any atom is -0.391 e. The Morgan fingerprint density at radius 3 is 2.48 bits per heavy atom. The predicted molar refractivity (Wildman–Crippen MR) is 75.0 cm³/mol. The lowest BCUT2D eigenvalue weighted by molar-refractivity contribution is -0.120. The minimum atomic E-state index is -5.49. The molecule has 3 atom stereocenters. The first kappa shape index (κ1) is 17.7. The highest BCUT2D eigenvalue weighted by molar-refractivity contribution is 7.92. The number of alkyl halides is 3. The number of rotatable bonds is 3. The van der Waals surface area contributed by atoms with Crippen molar-refractivity contribution in [2.75, 3.05) is 5.32 Å². The monoisotopic (exact) mass is 352 g/mol. The molecule has 0 spiro atoms. The highest BCUT2D eigenvalue weighted by Crippen LogP contribution is 2.32. The van der Waals surface area contributed by atoms with E-state index in [0.717, 1.165) is 18.2 Å². The zero-order valence-corrected chi connectivity index (χ0v) is 12.6. The first-order chi connectivity index (χ1) is 10.5. The van der Waals surface area contributed by atoms with Gasteiger partial charge in [-0.1, -0.05) is 6.07 Å². The number of hydrogen-bond donors (Lipinski definition) is 3. The van der Waals surface area contributed by atoms with E-state index in [2.05, 4.69) is 5.32 Å². The second-order valence-electron chi connectivity index (χ2n) is 5.29. The van der Waals surface area contributed by atoms with Crippen LogP contribution in [0.4, 0.5) is 18.9 Å². The van der Waals surface area contributed by atoms with Crippen molar-refractivity contribution in [1.82, 2.24) is 0 Å². The number of sulfone groups is 1. The summed E-state index contributed by atoms with van der Waals surface area (Å²) in [5.74, 6) is -1.26. The van der Waals surface area contributed by atoms with Crippen LogP contribution in [-0.4, -0.2) is 37.1 Å². The molecule has 0 radical (unpaired) electrons. The highest BCUT2D eigenvalue weighted by Gasteiger charge is 2.47. The molecule has 2 rings (SSSR count). The first-order valence-corrected chi connectivity index (χ1v) is 8.18. The van der Waals surface area contributed by atoms with Gasteiger partial charge < -0.3 is 16.2 Å². The molecule has 1 aromatic rings. The van der Waals surface area contributed by atoms with Gasteiger partial charge in [-0.15, -0.1) is 0 Å². The predicted octanol–water partition coefficient (Wildman–Crippen LogP) is 1.02. The van der Waals surface area contributed by atoms with Crippen molar-refractivity contribution in [2.45, 2.75) is 35.4 Å².